The zero-order valence-corrected chi connectivity index (χ0v) is 12.2. The summed E-state index contributed by atoms with van der Waals surface area (Å²) in [6, 6.07) is 0. The molecule has 7 heteroatoms. The molecule has 1 aromatic heterocycles. The molecule has 0 spiro atoms. The Labute approximate surface area is 107 Å². The first-order chi connectivity index (χ1) is 7.88. The first-order valence-corrected chi connectivity index (χ1v) is 8.19. The molecule has 0 aromatic carbocycles. The number of thioether (sulfide) groups is 1. The minimum absolute atomic E-state index is 0.273. The summed E-state index contributed by atoms with van der Waals surface area (Å²) in [6.45, 7) is 5.92. The molecule has 0 aliphatic heterocycles. The summed E-state index contributed by atoms with van der Waals surface area (Å²) in [7, 11) is -3.44. The summed E-state index contributed by atoms with van der Waals surface area (Å²) in [6.07, 6.45) is 2.83. The average Bonchev–Trinajstić information content (AvgIpc) is 2.58. The van der Waals surface area contributed by atoms with Crippen molar-refractivity contribution in [1.29, 1.82) is 0 Å². The SMILES string of the molecule is CSC(C)CCNS(=O)(=O)c1c(C)n[nH]c1C. The van der Waals surface area contributed by atoms with E-state index in [9.17, 15) is 8.42 Å². The minimum Gasteiger partial charge on any atom is -0.281 e. The van der Waals surface area contributed by atoms with Crippen LogP contribution in [0.25, 0.3) is 0 Å². The summed E-state index contributed by atoms with van der Waals surface area (Å²) in [5.74, 6) is 0. The van der Waals surface area contributed by atoms with Crippen molar-refractivity contribution < 1.29 is 8.42 Å². The molecule has 98 valence electrons. The lowest BCUT2D eigenvalue weighted by atomic mass is 10.3. The van der Waals surface area contributed by atoms with Crippen LogP contribution in [0.2, 0.25) is 0 Å². The summed E-state index contributed by atoms with van der Waals surface area (Å²) < 4.78 is 26.7. The van der Waals surface area contributed by atoms with Gasteiger partial charge in [-0.2, -0.15) is 16.9 Å². The first kappa shape index (κ1) is 14.5. The third-order valence-corrected chi connectivity index (χ3v) is 5.34. The molecule has 17 heavy (non-hydrogen) atoms. The zero-order chi connectivity index (χ0) is 13.1. The zero-order valence-electron chi connectivity index (χ0n) is 10.6. The Morgan fingerprint density at radius 1 is 1.47 bits per heavy atom. The van der Waals surface area contributed by atoms with Crippen LogP contribution in [0.4, 0.5) is 0 Å². The Hall–Kier alpha value is -0.530. The second-order valence-corrected chi connectivity index (χ2v) is 6.98. The molecule has 1 heterocycles. The van der Waals surface area contributed by atoms with Crippen LogP contribution in [0.3, 0.4) is 0 Å². The van der Waals surface area contributed by atoms with Gasteiger partial charge in [0.05, 0.1) is 11.4 Å². The summed E-state index contributed by atoms with van der Waals surface area (Å²) in [4.78, 5) is 0.273. The summed E-state index contributed by atoms with van der Waals surface area (Å²) >= 11 is 1.73. The maximum Gasteiger partial charge on any atom is 0.244 e. The van der Waals surface area contributed by atoms with Crippen molar-refractivity contribution in [1.82, 2.24) is 14.9 Å². The van der Waals surface area contributed by atoms with Gasteiger partial charge in [0.2, 0.25) is 10.0 Å². The standard InChI is InChI=1S/C10H19N3O2S2/c1-7(16-4)5-6-11-17(14,15)10-8(2)12-13-9(10)3/h7,11H,5-6H2,1-4H3,(H,12,13). The highest BCUT2D eigenvalue weighted by Gasteiger charge is 2.21. The van der Waals surface area contributed by atoms with E-state index in [0.717, 1.165) is 6.42 Å². The Morgan fingerprint density at radius 3 is 2.59 bits per heavy atom. The fourth-order valence-electron chi connectivity index (χ4n) is 1.52. The highest BCUT2D eigenvalue weighted by molar-refractivity contribution is 7.99. The van der Waals surface area contributed by atoms with Gasteiger partial charge in [0.25, 0.3) is 0 Å². The van der Waals surface area contributed by atoms with Crippen molar-refractivity contribution >= 4 is 21.8 Å². The molecule has 0 aliphatic carbocycles. The van der Waals surface area contributed by atoms with E-state index in [1.807, 2.05) is 6.26 Å². The Bertz CT molecular complexity index is 448. The molecule has 0 saturated heterocycles. The predicted octanol–water partition coefficient (Wildman–Crippen LogP) is 1.45. The predicted molar refractivity (Wildman–Crippen MR) is 70.8 cm³/mol. The number of hydrogen-bond acceptors (Lipinski definition) is 4. The number of hydrogen-bond donors (Lipinski definition) is 2. The van der Waals surface area contributed by atoms with Gasteiger partial charge >= 0.3 is 0 Å². The van der Waals surface area contributed by atoms with Crippen LogP contribution in [0.5, 0.6) is 0 Å². The van der Waals surface area contributed by atoms with Gasteiger partial charge in [-0.05, 0) is 26.5 Å². The molecule has 0 amide bonds. The number of nitrogens with one attached hydrogen (secondary N) is 2. The molecular weight excluding hydrogens is 258 g/mol. The maximum atomic E-state index is 12.0. The Balaban J connectivity index is 2.70. The molecule has 2 N–H and O–H groups in total. The van der Waals surface area contributed by atoms with Crippen LogP contribution in [-0.4, -0.2) is 36.7 Å². The second kappa shape index (κ2) is 5.88. The molecule has 1 atom stereocenters. The quantitative estimate of drug-likeness (QED) is 0.825. The molecule has 1 unspecified atom stereocenters. The van der Waals surface area contributed by atoms with E-state index in [2.05, 4.69) is 21.8 Å². The molecule has 0 radical (unpaired) electrons. The van der Waals surface area contributed by atoms with Crippen LogP contribution in [0, 0.1) is 13.8 Å². The number of sulfonamides is 1. The van der Waals surface area contributed by atoms with Crippen LogP contribution >= 0.6 is 11.8 Å². The number of rotatable bonds is 6. The van der Waals surface area contributed by atoms with Gasteiger partial charge in [0.1, 0.15) is 4.90 Å². The van der Waals surface area contributed by atoms with Crippen LogP contribution in [0.1, 0.15) is 24.7 Å². The number of nitrogens with zero attached hydrogens (tertiary/aromatic N) is 1. The lowest BCUT2D eigenvalue weighted by molar-refractivity contribution is 0.578. The first-order valence-electron chi connectivity index (χ1n) is 5.42. The van der Waals surface area contributed by atoms with E-state index in [1.54, 1.807) is 25.6 Å². The smallest absolute Gasteiger partial charge is 0.244 e. The molecule has 0 saturated carbocycles. The number of H-pyrrole nitrogens is 1. The minimum atomic E-state index is -3.44. The fraction of sp³-hybridized carbons (Fsp3) is 0.700. The van der Waals surface area contributed by atoms with Crippen molar-refractivity contribution in [3.05, 3.63) is 11.4 Å². The van der Waals surface area contributed by atoms with Gasteiger partial charge in [-0.15, -0.1) is 0 Å². The van der Waals surface area contributed by atoms with Crippen LogP contribution < -0.4 is 4.72 Å². The third kappa shape index (κ3) is 3.72. The van der Waals surface area contributed by atoms with Crippen LogP contribution in [-0.2, 0) is 10.0 Å². The summed E-state index contributed by atoms with van der Waals surface area (Å²) in [5.41, 5.74) is 1.08. The molecule has 5 nitrogen and oxygen atoms in total. The summed E-state index contributed by atoms with van der Waals surface area (Å²) in [5, 5.41) is 7.02. The normalized spacial score (nSPS) is 13.9. The molecule has 1 rings (SSSR count). The topological polar surface area (TPSA) is 74.8 Å². The van der Waals surface area contributed by atoms with E-state index >= 15 is 0 Å². The largest absolute Gasteiger partial charge is 0.281 e. The van der Waals surface area contributed by atoms with E-state index in [-0.39, 0.29) is 4.90 Å². The van der Waals surface area contributed by atoms with Gasteiger partial charge in [-0.1, -0.05) is 6.92 Å². The highest BCUT2D eigenvalue weighted by atomic mass is 32.2. The van der Waals surface area contributed by atoms with Gasteiger partial charge in [0, 0.05) is 11.8 Å². The van der Waals surface area contributed by atoms with E-state index in [1.165, 1.54) is 0 Å². The second-order valence-electron chi connectivity index (χ2n) is 4.00. The monoisotopic (exact) mass is 277 g/mol. The van der Waals surface area contributed by atoms with Gasteiger partial charge in [-0.3, -0.25) is 5.10 Å². The number of aryl methyl sites for hydroxylation is 2. The maximum absolute atomic E-state index is 12.0. The van der Waals surface area contributed by atoms with E-state index in [4.69, 9.17) is 0 Å². The fourth-order valence-corrected chi connectivity index (χ4v) is 3.29. The van der Waals surface area contributed by atoms with Crippen LogP contribution in [0.15, 0.2) is 4.90 Å². The molecule has 0 bridgehead atoms. The molecular formula is C10H19N3O2S2. The van der Waals surface area contributed by atoms with Gasteiger partial charge < -0.3 is 0 Å². The lowest BCUT2D eigenvalue weighted by Gasteiger charge is -2.09. The van der Waals surface area contributed by atoms with E-state index < -0.39 is 10.0 Å². The van der Waals surface area contributed by atoms with Crippen molar-refractivity contribution in [3.8, 4) is 0 Å². The Kier molecular flexibility index (Phi) is 5.03. The van der Waals surface area contributed by atoms with Gasteiger partial charge in [0.15, 0.2) is 0 Å². The lowest BCUT2D eigenvalue weighted by Crippen LogP contribution is -2.27. The average molecular weight is 277 g/mol. The van der Waals surface area contributed by atoms with Crippen molar-refractivity contribution in [3.63, 3.8) is 0 Å². The molecule has 0 fully saturated rings. The molecule has 0 aliphatic rings. The van der Waals surface area contributed by atoms with Crippen molar-refractivity contribution in [2.75, 3.05) is 12.8 Å². The van der Waals surface area contributed by atoms with Crippen molar-refractivity contribution in [2.45, 2.75) is 37.3 Å². The van der Waals surface area contributed by atoms with E-state index in [0.29, 0.717) is 23.2 Å². The molecule has 1 aromatic rings. The Morgan fingerprint density at radius 2 is 2.12 bits per heavy atom. The highest BCUT2D eigenvalue weighted by Crippen LogP contribution is 2.16. The third-order valence-electron chi connectivity index (χ3n) is 2.57. The number of aromatic nitrogens is 2. The van der Waals surface area contributed by atoms with Crippen molar-refractivity contribution in [2.24, 2.45) is 0 Å². The van der Waals surface area contributed by atoms with Gasteiger partial charge in [-0.25, -0.2) is 13.1 Å². The number of aromatic amines is 1.